The normalized spacial score (nSPS) is 22.2. The number of amides is 2. The minimum Gasteiger partial charge on any atom is -0.321 e. The summed E-state index contributed by atoms with van der Waals surface area (Å²) in [7, 11) is -4.22. The smallest absolute Gasteiger partial charge is 0.274 e. The predicted molar refractivity (Wildman–Crippen MR) is 207 cm³/mol. The average molecular weight is 821 g/mol. The maximum atomic E-state index is 14.5. The van der Waals surface area contributed by atoms with Crippen LogP contribution in [0.25, 0.3) is 0 Å². The number of benzene rings is 2. The number of hydrogen-bond acceptors (Lipinski definition) is 10. The Kier molecular flexibility index (Phi) is 11.6. The first-order valence-corrected chi connectivity index (χ1v) is 21.2. The Morgan fingerprint density at radius 1 is 0.930 bits per heavy atom. The summed E-state index contributed by atoms with van der Waals surface area (Å²) in [5, 5.41) is 33.1. The molecule has 5 atom stereocenters. The zero-order valence-corrected chi connectivity index (χ0v) is 33.5. The Labute approximate surface area is 329 Å². The number of aryl methyl sites for hydroxylation is 1. The molecule has 2 aromatic carbocycles. The number of nitriles is 2. The molecule has 4 aromatic rings. The monoisotopic (exact) mass is 820 g/mol. The lowest BCUT2D eigenvalue weighted by atomic mass is 9.95. The van der Waals surface area contributed by atoms with Gasteiger partial charge in [0.25, 0.3) is 11.8 Å². The summed E-state index contributed by atoms with van der Waals surface area (Å²) in [6.07, 6.45) is 1.96. The summed E-state index contributed by atoms with van der Waals surface area (Å²) in [5.74, 6) is -2.97. The van der Waals surface area contributed by atoms with Crippen molar-refractivity contribution in [2.24, 2.45) is 23.2 Å². The highest BCUT2D eigenvalue weighted by atomic mass is 32.2. The van der Waals surface area contributed by atoms with E-state index in [-0.39, 0.29) is 75.3 Å². The highest BCUT2D eigenvalue weighted by Gasteiger charge is 2.38. The molecule has 0 aliphatic carbocycles. The van der Waals surface area contributed by atoms with E-state index in [1.54, 1.807) is 12.1 Å². The number of carbonyl (C=O) groups is 2. The van der Waals surface area contributed by atoms with Gasteiger partial charge in [0, 0.05) is 55.2 Å². The molecule has 300 valence electrons. The van der Waals surface area contributed by atoms with Crippen LogP contribution in [0.2, 0.25) is 0 Å². The number of hydrogen-bond donors (Lipinski definition) is 5. The van der Waals surface area contributed by atoms with E-state index >= 15 is 0 Å². The fourth-order valence-electron chi connectivity index (χ4n) is 7.32. The summed E-state index contributed by atoms with van der Waals surface area (Å²) in [6, 6.07) is 9.84. The third-order valence-electron chi connectivity index (χ3n) is 10.0. The van der Waals surface area contributed by atoms with Crippen LogP contribution in [-0.4, -0.2) is 58.9 Å². The van der Waals surface area contributed by atoms with Crippen molar-refractivity contribution >= 4 is 43.0 Å². The third kappa shape index (κ3) is 8.30. The highest BCUT2D eigenvalue weighted by molar-refractivity contribution is 7.91. The molecule has 0 saturated heterocycles. The highest BCUT2D eigenvalue weighted by Crippen LogP contribution is 2.32. The zero-order chi connectivity index (χ0) is 41.4. The second-order valence-corrected chi connectivity index (χ2v) is 18.4. The molecule has 0 bridgehead atoms. The van der Waals surface area contributed by atoms with Gasteiger partial charge >= 0.3 is 0 Å². The number of nitrogens with zero attached hydrogens (tertiary/aromatic N) is 7. The Morgan fingerprint density at radius 3 is 2.05 bits per heavy atom. The van der Waals surface area contributed by atoms with Crippen molar-refractivity contribution < 1.29 is 26.8 Å². The van der Waals surface area contributed by atoms with E-state index in [2.05, 4.69) is 34.6 Å². The van der Waals surface area contributed by atoms with Gasteiger partial charge in [0.2, 0.25) is 0 Å². The molecular formula is C37H42F2N12O4S2. The lowest BCUT2D eigenvalue weighted by Gasteiger charge is -2.25. The average Bonchev–Trinajstić information content (AvgIpc) is 3.62. The van der Waals surface area contributed by atoms with E-state index in [1.165, 1.54) is 47.7 Å². The van der Waals surface area contributed by atoms with E-state index in [9.17, 15) is 37.3 Å². The van der Waals surface area contributed by atoms with Crippen molar-refractivity contribution in [3.63, 3.8) is 0 Å². The molecule has 5 N–H and O–H groups in total. The van der Waals surface area contributed by atoms with Gasteiger partial charge in [-0.2, -0.15) is 20.7 Å². The molecule has 0 fully saturated rings. The van der Waals surface area contributed by atoms with Crippen molar-refractivity contribution in [2.75, 3.05) is 17.7 Å². The summed E-state index contributed by atoms with van der Waals surface area (Å²) < 4.78 is 78.5. The first-order valence-electron chi connectivity index (χ1n) is 18.1. The molecule has 6 rings (SSSR count). The maximum Gasteiger partial charge on any atom is 0.274 e. The molecule has 20 heteroatoms. The summed E-state index contributed by atoms with van der Waals surface area (Å²) in [5.41, 5.74) is 0.665. The SMILES string of the molecule is CN=S1(=O)N[C@@H](C(C)Cn2nc3c(c2C(=O)Nc2ccc(F)c(C#N)c2)CC[C@H](CC(C)C)NS3(=N)=O)CCc2c1nn(C)c2C(=O)Nc1ccc(F)c(C#N)c1. The van der Waals surface area contributed by atoms with Gasteiger partial charge in [-0.15, -0.1) is 0 Å². The minimum absolute atomic E-state index is 0.0228. The van der Waals surface area contributed by atoms with Crippen molar-refractivity contribution in [2.45, 2.75) is 81.6 Å². The fourth-order valence-corrected chi connectivity index (χ4v) is 10.8. The number of aromatic nitrogens is 4. The Hall–Kier alpha value is -5.54. The summed E-state index contributed by atoms with van der Waals surface area (Å²) >= 11 is 0. The Balaban J connectivity index is 1.32. The van der Waals surface area contributed by atoms with Gasteiger partial charge in [-0.05, 0) is 80.3 Å². The fraction of sp³-hybridized carbons (Fsp3) is 0.405. The van der Waals surface area contributed by atoms with Crippen LogP contribution in [-0.2, 0) is 46.3 Å². The zero-order valence-electron chi connectivity index (χ0n) is 31.9. The first kappa shape index (κ1) is 41.1. The molecule has 16 nitrogen and oxygen atoms in total. The second-order valence-electron chi connectivity index (χ2n) is 14.6. The van der Waals surface area contributed by atoms with Crippen LogP contribution in [0.5, 0.6) is 0 Å². The molecule has 0 spiro atoms. The van der Waals surface area contributed by atoms with Crippen LogP contribution < -0.4 is 20.1 Å². The van der Waals surface area contributed by atoms with E-state index in [4.69, 9.17) is 4.78 Å². The van der Waals surface area contributed by atoms with Gasteiger partial charge in [-0.3, -0.25) is 19.0 Å². The minimum atomic E-state index is -3.68. The molecule has 2 amide bonds. The van der Waals surface area contributed by atoms with Crippen molar-refractivity contribution in [1.82, 2.24) is 29.0 Å². The number of nitrogens with one attached hydrogen (secondary N) is 5. The number of halogens is 2. The maximum absolute atomic E-state index is 14.5. The topological polar surface area (TPSA) is 236 Å². The van der Waals surface area contributed by atoms with Crippen LogP contribution in [0.15, 0.2) is 50.8 Å². The van der Waals surface area contributed by atoms with Gasteiger partial charge in [0.05, 0.1) is 11.1 Å². The van der Waals surface area contributed by atoms with E-state index in [0.29, 0.717) is 30.4 Å². The second kappa shape index (κ2) is 16.1. The van der Waals surface area contributed by atoms with E-state index in [0.717, 1.165) is 12.1 Å². The summed E-state index contributed by atoms with van der Waals surface area (Å²) in [6.45, 7) is 5.90. The van der Waals surface area contributed by atoms with Crippen LogP contribution in [0.1, 0.15) is 83.3 Å². The molecule has 2 aliphatic rings. The molecule has 2 aliphatic heterocycles. The van der Waals surface area contributed by atoms with Crippen LogP contribution in [0.4, 0.5) is 20.2 Å². The third-order valence-corrected chi connectivity index (χ3v) is 13.6. The molecule has 4 heterocycles. The lowest BCUT2D eigenvalue weighted by molar-refractivity contribution is 0.100. The Morgan fingerprint density at radius 2 is 1.49 bits per heavy atom. The number of rotatable bonds is 9. The largest absolute Gasteiger partial charge is 0.321 e. The summed E-state index contributed by atoms with van der Waals surface area (Å²) in [4.78, 5) is 27.8. The predicted octanol–water partition coefficient (Wildman–Crippen LogP) is 5.03. The van der Waals surface area contributed by atoms with Gasteiger partial charge in [-0.25, -0.2) is 35.8 Å². The molecule has 0 saturated carbocycles. The van der Waals surface area contributed by atoms with Crippen molar-refractivity contribution in [3.8, 4) is 12.1 Å². The lowest BCUT2D eigenvalue weighted by Crippen LogP contribution is -2.40. The van der Waals surface area contributed by atoms with Crippen LogP contribution in [0.3, 0.4) is 0 Å². The number of carbonyl (C=O) groups excluding carboxylic acids is 2. The van der Waals surface area contributed by atoms with Gasteiger partial charge < -0.3 is 10.6 Å². The van der Waals surface area contributed by atoms with Crippen LogP contribution in [0, 0.1) is 50.9 Å². The molecule has 0 radical (unpaired) electrons. The van der Waals surface area contributed by atoms with Gasteiger partial charge in [0.1, 0.15) is 35.2 Å². The molecule has 3 unspecified atom stereocenters. The van der Waals surface area contributed by atoms with Crippen LogP contribution >= 0.6 is 0 Å². The van der Waals surface area contributed by atoms with Crippen molar-refractivity contribution in [3.05, 3.63) is 81.7 Å². The number of anilines is 2. The first-order chi connectivity index (χ1) is 27.0. The quantitative estimate of drug-likeness (QED) is 0.153. The molecule has 2 aromatic heterocycles. The molecular weight excluding hydrogens is 779 g/mol. The van der Waals surface area contributed by atoms with Gasteiger partial charge in [-0.1, -0.05) is 20.8 Å². The number of fused-ring (bicyclic) bond motifs is 2. The van der Waals surface area contributed by atoms with Gasteiger partial charge in [0.15, 0.2) is 29.9 Å². The Bertz CT molecular complexity index is 2600. The van der Waals surface area contributed by atoms with E-state index in [1.807, 2.05) is 20.8 Å². The van der Waals surface area contributed by atoms with E-state index < -0.39 is 55.2 Å². The standard InChI is InChI=1S/C37H42F2N12O4S2/c1-20(2)14-26-6-9-28-33(35(53)45-25-8-12-30(39)23(16-25)18-41)51(47-36(28)56(42,54)48-26)19-21(3)31-13-10-27-32(50(5)46-37(27)57(55,43-4)49-31)34(52)44-24-7-11-29(38)22(15-24)17-40/h7-8,11-12,15-16,20-21,26,31H,6,9-10,13-14,19H2,1-5H3,(H,44,52)(H,45,53)(H2,42,48,54)(H,43,49,55)/t21?,26-,31-,56?,57?/m1/s1. The van der Waals surface area contributed by atoms with Crippen molar-refractivity contribution in [1.29, 1.82) is 15.3 Å². The molecule has 57 heavy (non-hydrogen) atoms.